The SMILES string of the molecule is CC(=O)CC1CCCCN1Cc1ccc(Cl)c(F)c1. The minimum atomic E-state index is -0.376. The van der Waals surface area contributed by atoms with Gasteiger partial charge in [0.15, 0.2) is 0 Å². The number of rotatable bonds is 4. The van der Waals surface area contributed by atoms with Crippen LogP contribution in [0.2, 0.25) is 5.02 Å². The van der Waals surface area contributed by atoms with Gasteiger partial charge in [-0.25, -0.2) is 4.39 Å². The van der Waals surface area contributed by atoms with Crippen molar-refractivity contribution in [3.8, 4) is 0 Å². The standard InChI is InChI=1S/C15H19ClFNO/c1-11(19)8-13-4-2-3-7-18(13)10-12-5-6-14(16)15(17)9-12/h5-6,9,13H,2-4,7-8,10H2,1H3. The molecule has 1 fully saturated rings. The average Bonchev–Trinajstić information content (AvgIpc) is 2.36. The van der Waals surface area contributed by atoms with Gasteiger partial charge < -0.3 is 0 Å². The third kappa shape index (κ3) is 4.02. The van der Waals surface area contributed by atoms with Crippen LogP contribution in [0.15, 0.2) is 18.2 Å². The number of carbonyl (C=O) groups is 1. The fourth-order valence-electron chi connectivity index (χ4n) is 2.70. The summed E-state index contributed by atoms with van der Waals surface area (Å²) in [6.07, 6.45) is 3.96. The second-order valence-corrected chi connectivity index (χ2v) is 5.68. The first kappa shape index (κ1) is 14.5. The number of carbonyl (C=O) groups excluding carboxylic acids is 1. The van der Waals surface area contributed by atoms with Crippen LogP contribution < -0.4 is 0 Å². The molecule has 4 heteroatoms. The van der Waals surface area contributed by atoms with Crippen molar-refractivity contribution in [1.82, 2.24) is 4.90 Å². The average molecular weight is 284 g/mol. The van der Waals surface area contributed by atoms with Crippen LogP contribution in [0.3, 0.4) is 0 Å². The first-order chi connectivity index (χ1) is 9.06. The molecule has 0 radical (unpaired) electrons. The van der Waals surface area contributed by atoms with Gasteiger partial charge in [0.25, 0.3) is 0 Å². The molecule has 0 aliphatic carbocycles. The molecule has 1 atom stereocenters. The lowest BCUT2D eigenvalue weighted by Gasteiger charge is -2.35. The van der Waals surface area contributed by atoms with Crippen LogP contribution in [0.25, 0.3) is 0 Å². The molecule has 19 heavy (non-hydrogen) atoms. The van der Waals surface area contributed by atoms with Crippen LogP contribution in [-0.2, 0) is 11.3 Å². The van der Waals surface area contributed by atoms with E-state index in [1.165, 1.54) is 12.5 Å². The van der Waals surface area contributed by atoms with E-state index in [1.54, 1.807) is 13.0 Å². The molecule has 1 aliphatic rings. The van der Waals surface area contributed by atoms with Crippen molar-refractivity contribution in [2.45, 2.75) is 45.2 Å². The van der Waals surface area contributed by atoms with Crippen molar-refractivity contribution in [1.29, 1.82) is 0 Å². The van der Waals surface area contributed by atoms with E-state index in [0.717, 1.165) is 24.9 Å². The third-order valence-corrected chi connectivity index (χ3v) is 3.95. The van der Waals surface area contributed by atoms with Crippen molar-refractivity contribution < 1.29 is 9.18 Å². The molecule has 0 saturated carbocycles. The van der Waals surface area contributed by atoms with Crippen molar-refractivity contribution in [3.63, 3.8) is 0 Å². The van der Waals surface area contributed by atoms with Crippen molar-refractivity contribution in [3.05, 3.63) is 34.6 Å². The lowest BCUT2D eigenvalue weighted by Crippen LogP contribution is -2.40. The fourth-order valence-corrected chi connectivity index (χ4v) is 2.82. The van der Waals surface area contributed by atoms with Crippen molar-refractivity contribution >= 4 is 17.4 Å². The Kier molecular flexibility index (Phi) is 4.94. The maximum absolute atomic E-state index is 13.4. The highest BCUT2D eigenvalue weighted by Crippen LogP contribution is 2.23. The summed E-state index contributed by atoms with van der Waals surface area (Å²) in [6, 6.07) is 5.23. The highest BCUT2D eigenvalue weighted by Gasteiger charge is 2.23. The lowest BCUT2D eigenvalue weighted by molar-refractivity contribution is -0.118. The van der Waals surface area contributed by atoms with Gasteiger partial charge in [0, 0.05) is 19.0 Å². The number of Topliss-reactive ketones (excluding diaryl/α,β-unsaturated/α-hetero) is 1. The van der Waals surface area contributed by atoms with Crippen molar-refractivity contribution in [2.24, 2.45) is 0 Å². The Morgan fingerprint density at radius 3 is 2.95 bits per heavy atom. The summed E-state index contributed by atoms with van der Waals surface area (Å²) in [5.41, 5.74) is 0.914. The Morgan fingerprint density at radius 2 is 2.26 bits per heavy atom. The predicted octanol–water partition coefficient (Wildman–Crippen LogP) is 3.81. The van der Waals surface area contributed by atoms with Crippen LogP contribution in [0, 0.1) is 5.82 Å². The van der Waals surface area contributed by atoms with Crippen LogP contribution >= 0.6 is 11.6 Å². The molecule has 0 spiro atoms. The molecule has 0 aromatic heterocycles. The number of likely N-dealkylation sites (tertiary alicyclic amines) is 1. The predicted molar refractivity (Wildman–Crippen MR) is 74.8 cm³/mol. The van der Waals surface area contributed by atoms with Gasteiger partial charge in [-0.2, -0.15) is 0 Å². The number of hydrogen-bond donors (Lipinski definition) is 0. The van der Waals surface area contributed by atoms with E-state index >= 15 is 0 Å². The minimum Gasteiger partial charge on any atom is -0.300 e. The normalized spacial score (nSPS) is 20.5. The van der Waals surface area contributed by atoms with Gasteiger partial charge >= 0.3 is 0 Å². The number of halogens is 2. The molecule has 104 valence electrons. The van der Waals surface area contributed by atoms with Gasteiger partial charge in [-0.15, -0.1) is 0 Å². The summed E-state index contributed by atoms with van der Waals surface area (Å²) >= 11 is 5.69. The molecule has 0 bridgehead atoms. The van der Waals surface area contributed by atoms with E-state index in [4.69, 9.17) is 11.6 Å². The van der Waals surface area contributed by atoms with E-state index in [-0.39, 0.29) is 16.6 Å². The molecule has 1 unspecified atom stereocenters. The minimum absolute atomic E-state index is 0.155. The van der Waals surface area contributed by atoms with Gasteiger partial charge in [0.1, 0.15) is 11.6 Å². The zero-order valence-corrected chi connectivity index (χ0v) is 11.9. The summed E-state index contributed by atoms with van der Waals surface area (Å²) < 4.78 is 13.4. The van der Waals surface area contributed by atoms with Gasteiger partial charge in [-0.1, -0.05) is 24.1 Å². The van der Waals surface area contributed by atoms with E-state index < -0.39 is 0 Å². The number of piperidine rings is 1. The number of nitrogens with zero attached hydrogens (tertiary/aromatic N) is 1. The second-order valence-electron chi connectivity index (χ2n) is 5.27. The first-order valence-corrected chi connectivity index (χ1v) is 7.11. The van der Waals surface area contributed by atoms with Crippen molar-refractivity contribution in [2.75, 3.05) is 6.54 Å². The first-order valence-electron chi connectivity index (χ1n) is 6.73. The summed E-state index contributed by atoms with van der Waals surface area (Å²) in [6.45, 7) is 3.29. The van der Waals surface area contributed by atoms with E-state index in [1.807, 2.05) is 6.07 Å². The Morgan fingerprint density at radius 1 is 1.47 bits per heavy atom. The molecule has 1 aromatic rings. The maximum Gasteiger partial charge on any atom is 0.142 e. The highest BCUT2D eigenvalue weighted by atomic mass is 35.5. The Hall–Kier alpha value is -0.930. The zero-order valence-electron chi connectivity index (χ0n) is 11.2. The number of hydrogen-bond acceptors (Lipinski definition) is 2. The van der Waals surface area contributed by atoms with Gasteiger partial charge in [0.05, 0.1) is 5.02 Å². The van der Waals surface area contributed by atoms with Crippen LogP contribution in [0.5, 0.6) is 0 Å². The molecule has 1 aliphatic heterocycles. The van der Waals surface area contributed by atoms with Gasteiger partial charge in [0.2, 0.25) is 0 Å². The van der Waals surface area contributed by atoms with Gasteiger partial charge in [-0.3, -0.25) is 9.69 Å². The van der Waals surface area contributed by atoms with E-state index in [2.05, 4.69) is 4.90 Å². The van der Waals surface area contributed by atoms with Crippen LogP contribution in [0.1, 0.15) is 38.2 Å². The summed E-state index contributed by atoms with van der Waals surface area (Å²) in [5.74, 6) is -0.154. The quantitative estimate of drug-likeness (QED) is 0.837. The molecule has 1 aromatic carbocycles. The largest absolute Gasteiger partial charge is 0.300 e. The monoisotopic (exact) mass is 283 g/mol. The van der Waals surface area contributed by atoms with E-state index in [0.29, 0.717) is 19.0 Å². The molecular formula is C15H19ClFNO. The maximum atomic E-state index is 13.4. The molecule has 2 rings (SSSR count). The molecule has 0 N–H and O–H groups in total. The smallest absolute Gasteiger partial charge is 0.142 e. The Balaban J connectivity index is 2.06. The molecule has 2 nitrogen and oxygen atoms in total. The molecular weight excluding hydrogens is 265 g/mol. The van der Waals surface area contributed by atoms with Crippen LogP contribution in [0.4, 0.5) is 4.39 Å². The molecule has 1 saturated heterocycles. The van der Waals surface area contributed by atoms with Gasteiger partial charge in [-0.05, 0) is 44.0 Å². The summed E-state index contributed by atoms with van der Waals surface area (Å²) in [7, 11) is 0. The lowest BCUT2D eigenvalue weighted by atomic mass is 9.97. The molecule has 0 amide bonds. The summed E-state index contributed by atoms with van der Waals surface area (Å²) in [5, 5.41) is 0.155. The Bertz CT molecular complexity index is 463. The van der Waals surface area contributed by atoms with Crippen LogP contribution in [-0.4, -0.2) is 23.3 Å². The molecule has 1 heterocycles. The Labute approximate surface area is 118 Å². The topological polar surface area (TPSA) is 20.3 Å². The number of ketones is 1. The summed E-state index contributed by atoms with van der Waals surface area (Å²) in [4.78, 5) is 13.6. The third-order valence-electron chi connectivity index (χ3n) is 3.64. The number of benzene rings is 1. The highest BCUT2D eigenvalue weighted by molar-refractivity contribution is 6.30. The fraction of sp³-hybridized carbons (Fsp3) is 0.533. The zero-order chi connectivity index (χ0) is 13.8. The van der Waals surface area contributed by atoms with E-state index in [9.17, 15) is 9.18 Å². The second kappa shape index (κ2) is 6.49.